The zero-order valence-corrected chi connectivity index (χ0v) is 17.0. The molecule has 0 radical (unpaired) electrons. The first-order valence-electron chi connectivity index (χ1n) is 10.0. The first-order chi connectivity index (χ1) is 14.0. The molecule has 1 saturated heterocycles. The number of rotatable bonds is 5. The van der Waals surface area contributed by atoms with Crippen molar-refractivity contribution in [3.63, 3.8) is 0 Å². The maximum Gasteiger partial charge on any atom is 0.276 e. The third-order valence-corrected chi connectivity index (χ3v) is 5.75. The fourth-order valence-electron chi connectivity index (χ4n) is 3.81. The highest BCUT2D eigenvalue weighted by Crippen LogP contribution is 2.22. The number of benzene rings is 1. The number of aromatic amines is 1. The second-order valence-corrected chi connectivity index (χ2v) is 7.69. The molecule has 29 heavy (non-hydrogen) atoms. The van der Waals surface area contributed by atoms with Gasteiger partial charge >= 0.3 is 0 Å². The van der Waals surface area contributed by atoms with E-state index in [9.17, 15) is 9.59 Å². The van der Waals surface area contributed by atoms with Crippen LogP contribution in [0.15, 0.2) is 24.4 Å². The molecule has 1 atom stereocenters. The van der Waals surface area contributed by atoms with Crippen LogP contribution in [-0.2, 0) is 6.54 Å². The minimum Gasteiger partial charge on any atom is -0.351 e. The van der Waals surface area contributed by atoms with E-state index in [4.69, 9.17) is 0 Å². The van der Waals surface area contributed by atoms with Crippen LogP contribution in [0.3, 0.4) is 0 Å². The average molecular weight is 394 g/mol. The largest absolute Gasteiger partial charge is 0.351 e. The van der Waals surface area contributed by atoms with Gasteiger partial charge in [0.05, 0.1) is 12.7 Å². The molecule has 1 aromatic carbocycles. The van der Waals surface area contributed by atoms with Gasteiger partial charge in [0.2, 0.25) is 0 Å². The third-order valence-electron chi connectivity index (χ3n) is 5.75. The zero-order valence-electron chi connectivity index (χ0n) is 17.0. The zero-order chi connectivity index (χ0) is 20.5. The predicted octanol–water partition coefficient (Wildman–Crippen LogP) is 2.29. The molecule has 152 valence electrons. The van der Waals surface area contributed by atoms with Crippen LogP contribution in [0.2, 0.25) is 0 Å². The molecule has 1 fully saturated rings. The van der Waals surface area contributed by atoms with E-state index in [0.717, 1.165) is 17.3 Å². The van der Waals surface area contributed by atoms with E-state index >= 15 is 0 Å². The van der Waals surface area contributed by atoms with E-state index in [0.29, 0.717) is 37.6 Å². The lowest BCUT2D eigenvalue weighted by molar-refractivity contribution is 0.0780. The van der Waals surface area contributed by atoms with Crippen molar-refractivity contribution in [2.75, 3.05) is 19.6 Å². The molecule has 3 heterocycles. The molecule has 1 aliphatic heterocycles. The molecular formula is C21H26N6O2. The standard InChI is InChI=1S/C21H26N6O2/c1-4-27-23-11-19(25-27)21(29)26-8-7-15(12-26)10-22-20(28)18-9-16-14(3)13(2)5-6-17(16)24-18/h5-6,9,11,15,24H,4,7-8,10,12H2,1-3H3,(H,22,28). The quantitative estimate of drug-likeness (QED) is 0.694. The topological polar surface area (TPSA) is 95.9 Å². The molecule has 0 aliphatic carbocycles. The van der Waals surface area contributed by atoms with Gasteiger partial charge in [-0.15, -0.1) is 5.10 Å². The Hall–Kier alpha value is -3.16. The first kappa shape index (κ1) is 19.2. The third kappa shape index (κ3) is 3.74. The molecule has 2 amide bonds. The van der Waals surface area contributed by atoms with E-state index in [1.807, 2.05) is 19.1 Å². The van der Waals surface area contributed by atoms with Gasteiger partial charge in [-0.25, -0.2) is 0 Å². The van der Waals surface area contributed by atoms with Crippen molar-refractivity contribution in [3.8, 4) is 0 Å². The number of amides is 2. The van der Waals surface area contributed by atoms with Crippen LogP contribution in [0.1, 0.15) is 45.4 Å². The molecule has 0 bridgehead atoms. The smallest absolute Gasteiger partial charge is 0.276 e. The summed E-state index contributed by atoms with van der Waals surface area (Å²) >= 11 is 0. The van der Waals surface area contributed by atoms with Crippen LogP contribution < -0.4 is 5.32 Å². The molecule has 2 N–H and O–H groups in total. The highest BCUT2D eigenvalue weighted by atomic mass is 16.2. The number of hydrogen-bond acceptors (Lipinski definition) is 4. The number of H-pyrrole nitrogens is 1. The average Bonchev–Trinajstić information content (AvgIpc) is 3.47. The van der Waals surface area contributed by atoms with Gasteiger partial charge in [0, 0.05) is 30.5 Å². The predicted molar refractivity (Wildman–Crippen MR) is 110 cm³/mol. The Kier molecular flexibility index (Phi) is 5.08. The molecule has 2 aromatic heterocycles. The Morgan fingerprint density at radius 3 is 2.90 bits per heavy atom. The van der Waals surface area contributed by atoms with Crippen LogP contribution in [0.25, 0.3) is 10.9 Å². The summed E-state index contributed by atoms with van der Waals surface area (Å²) < 4.78 is 0. The summed E-state index contributed by atoms with van der Waals surface area (Å²) in [6.45, 7) is 8.52. The first-order valence-corrected chi connectivity index (χ1v) is 10.0. The van der Waals surface area contributed by atoms with E-state index in [-0.39, 0.29) is 17.7 Å². The lowest BCUT2D eigenvalue weighted by atomic mass is 10.1. The summed E-state index contributed by atoms with van der Waals surface area (Å²) in [4.78, 5) is 31.6. The summed E-state index contributed by atoms with van der Waals surface area (Å²) in [6.07, 6.45) is 2.37. The number of hydrogen-bond donors (Lipinski definition) is 2. The Balaban J connectivity index is 1.34. The van der Waals surface area contributed by atoms with Crippen molar-refractivity contribution in [1.82, 2.24) is 30.2 Å². The number of aryl methyl sites for hydroxylation is 3. The van der Waals surface area contributed by atoms with Gasteiger partial charge in [-0.1, -0.05) is 6.07 Å². The number of likely N-dealkylation sites (tertiary alicyclic amines) is 1. The molecule has 0 saturated carbocycles. The summed E-state index contributed by atoms with van der Waals surface area (Å²) in [6, 6.07) is 5.97. The SMILES string of the molecule is CCn1ncc(C(=O)N2CCC(CNC(=O)c3cc4c(C)c(C)ccc4[nH]3)C2)n1. The van der Waals surface area contributed by atoms with Crippen molar-refractivity contribution in [2.24, 2.45) is 5.92 Å². The van der Waals surface area contributed by atoms with Crippen LogP contribution in [0, 0.1) is 19.8 Å². The Bertz CT molecular complexity index is 1070. The maximum atomic E-state index is 12.6. The minimum atomic E-state index is -0.117. The fourth-order valence-corrected chi connectivity index (χ4v) is 3.81. The van der Waals surface area contributed by atoms with Crippen LogP contribution in [0.5, 0.6) is 0 Å². The monoisotopic (exact) mass is 394 g/mol. The number of nitrogens with one attached hydrogen (secondary N) is 2. The van der Waals surface area contributed by atoms with Crippen LogP contribution in [0.4, 0.5) is 0 Å². The van der Waals surface area contributed by atoms with Gasteiger partial charge in [0.15, 0.2) is 5.69 Å². The summed E-state index contributed by atoms with van der Waals surface area (Å²) in [5, 5.41) is 12.3. The molecule has 3 aromatic rings. The molecule has 1 unspecified atom stereocenters. The van der Waals surface area contributed by atoms with Gasteiger partial charge in [0.25, 0.3) is 11.8 Å². The molecule has 0 spiro atoms. The van der Waals surface area contributed by atoms with Crippen molar-refractivity contribution in [2.45, 2.75) is 33.7 Å². The van der Waals surface area contributed by atoms with Crippen molar-refractivity contribution < 1.29 is 9.59 Å². The molecule has 4 rings (SSSR count). The van der Waals surface area contributed by atoms with Gasteiger partial charge in [-0.3, -0.25) is 9.59 Å². The number of nitrogens with zero attached hydrogens (tertiary/aromatic N) is 4. The Labute approximate surface area is 169 Å². The minimum absolute atomic E-state index is 0.0972. The van der Waals surface area contributed by atoms with Gasteiger partial charge in [-0.2, -0.15) is 9.90 Å². The van der Waals surface area contributed by atoms with E-state index < -0.39 is 0 Å². The van der Waals surface area contributed by atoms with Gasteiger partial charge in [0.1, 0.15) is 5.69 Å². The van der Waals surface area contributed by atoms with E-state index in [2.05, 4.69) is 40.4 Å². The van der Waals surface area contributed by atoms with Crippen LogP contribution >= 0.6 is 0 Å². The van der Waals surface area contributed by atoms with E-state index in [1.165, 1.54) is 22.1 Å². The fraction of sp³-hybridized carbons (Fsp3) is 0.429. The lowest BCUT2D eigenvalue weighted by Gasteiger charge is -2.15. The number of aromatic nitrogens is 4. The summed E-state index contributed by atoms with van der Waals surface area (Å²) in [5.41, 5.74) is 4.30. The highest BCUT2D eigenvalue weighted by Gasteiger charge is 2.28. The summed E-state index contributed by atoms with van der Waals surface area (Å²) in [5.74, 6) is 0.0198. The normalized spacial score (nSPS) is 16.5. The number of carbonyl (C=O) groups is 2. The second kappa shape index (κ2) is 7.69. The number of fused-ring (bicyclic) bond motifs is 1. The van der Waals surface area contributed by atoms with Gasteiger partial charge in [-0.05, 0) is 56.4 Å². The molecule has 8 heteroatoms. The Morgan fingerprint density at radius 2 is 2.14 bits per heavy atom. The lowest BCUT2D eigenvalue weighted by Crippen LogP contribution is -2.33. The van der Waals surface area contributed by atoms with Crippen LogP contribution in [-0.4, -0.2) is 56.3 Å². The van der Waals surface area contributed by atoms with E-state index in [1.54, 1.807) is 4.90 Å². The van der Waals surface area contributed by atoms with Crippen molar-refractivity contribution >= 4 is 22.7 Å². The highest BCUT2D eigenvalue weighted by molar-refractivity contribution is 5.99. The van der Waals surface area contributed by atoms with Crippen molar-refractivity contribution in [3.05, 3.63) is 46.9 Å². The maximum absolute atomic E-state index is 12.6. The number of carbonyl (C=O) groups excluding carboxylic acids is 2. The van der Waals surface area contributed by atoms with Gasteiger partial charge < -0.3 is 15.2 Å². The molecule has 8 nitrogen and oxygen atoms in total. The summed E-state index contributed by atoms with van der Waals surface area (Å²) in [7, 11) is 0. The van der Waals surface area contributed by atoms with Crippen molar-refractivity contribution in [1.29, 1.82) is 0 Å². The molecular weight excluding hydrogens is 368 g/mol. The Morgan fingerprint density at radius 1 is 1.31 bits per heavy atom. The second-order valence-electron chi connectivity index (χ2n) is 7.69. The molecule has 1 aliphatic rings.